The Hall–Kier alpha value is 0.0900. The fraction of sp³-hybridized carbons (Fsp3) is 0.800. The molecule has 0 N–H and O–H groups in total. The Balaban J connectivity index is 2.70. The molecule has 11 heavy (non-hydrogen) atoms. The van der Waals surface area contributed by atoms with Crippen LogP contribution in [0, 0.1) is 11.8 Å². The van der Waals surface area contributed by atoms with E-state index in [0.29, 0.717) is 0 Å². The van der Waals surface area contributed by atoms with E-state index in [1.165, 1.54) is 6.42 Å². The molecule has 1 aliphatic rings. The van der Waals surface area contributed by atoms with Gasteiger partial charge in [-0.1, -0.05) is 25.5 Å². The van der Waals surface area contributed by atoms with Crippen molar-refractivity contribution in [1.82, 2.24) is 0 Å². The molecule has 1 rings (SSSR count). The molecule has 0 spiro atoms. The van der Waals surface area contributed by atoms with Crippen molar-refractivity contribution in [2.75, 3.05) is 6.26 Å². The summed E-state index contributed by atoms with van der Waals surface area (Å²) in [6, 6.07) is 0. The molecular weight excluding hydrogens is 152 g/mol. The summed E-state index contributed by atoms with van der Waals surface area (Å²) in [7, 11) is 0. The third-order valence-electron chi connectivity index (χ3n) is 2.78. The molecule has 0 heterocycles. The van der Waals surface area contributed by atoms with Crippen LogP contribution in [0.5, 0.6) is 0 Å². The van der Waals surface area contributed by atoms with Gasteiger partial charge in [0.2, 0.25) is 0 Å². The van der Waals surface area contributed by atoms with Gasteiger partial charge in [0.05, 0.1) is 0 Å². The number of hydrogen-bond acceptors (Lipinski definition) is 1. The fourth-order valence-corrected chi connectivity index (χ4v) is 2.87. The van der Waals surface area contributed by atoms with E-state index in [4.69, 9.17) is 0 Å². The zero-order valence-corrected chi connectivity index (χ0v) is 8.74. The van der Waals surface area contributed by atoms with Crippen LogP contribution >= 0.6 is 11.8 Å². The molecular formula is C10H18S. The Bertz CT molecular complexity index is 160. The molecule has 0 nitrogen and oxygen atoms in total. The molecule has 0 saturated carbocycles. The fourth-order valence-electron chi connectivity index (χ4n) is 1.80. The van der Waals surface area contributed by atoms with Crippen molar-refractivity contribution < 1.29 is 0 Å². The van der Waals surface area contributed by atoms with Crippen molar-refractivity contribution in [3.63, 3.8) is 0 Å². The van der Waals surface area contributed by atoms with Gasteiger partial charge in [-0.2, -0.15) is 11.8 Å². The molecule has 64 valence electrons. The minimum atomic E-state index is 0.763. The molecule has 0 saturated heterocycles. The highest BCUT2D eigenvalue weighted by molar-refractivity contribution is 7.99. The average molecular weight is 170 g/mol. The van der Waals surface area contributed by atoms with Gasteiger partial charge in [0.25, 0.3) is 0 Å². The standard InChI is InChI=1S/C10H18S/c1-7-5-8(2)9(3)10(6-7)11-4/h6,8-10H,5H2,1-4H3/t8-,9+,10+/m0/s1. The van der Waals surface area contributed by atoms with Gasteiger partial charge in [-0.25, -0.2) is 0 Å². The van der Waals surface area contributed by atoms with Crippen molar-refractivity contribution in [2.45, 2.75) is 32.4 Å². The SMILES string of the molecule is CS[C@@H]1C=C(C)C[C@H](C)[C@H]1C. The summed E-state index contributed by atoms with van der Waals surface area (Å²) >= 11 is 1.98. The summed E-state index contributed by atoms with van der Waals surface area (Å²) in [6.45, 7) is 6.99. The van der Waals surface area contributed by atoms with Gasteiger partial charge in [-0.05, 0) is 31.4 Å². The highest BCUT2D eigenvalue weighted by Crippen LogP contribution is 2.34. The lowest BCUT2D eigenvalue weighted by Gasteiger charge is -2.31. The van der Waals surface area contributed by atoms with Crippen LogP contribution in [0.3, 0.4) is 0 Å². The summed E-state index contributed by atoms with van der Waals surface area (Å²) in [5.41, 5.74) is 1.58. The molecule has 3 atom stereocenters. The van der Waals surface area contributed by atoms with Crippen molar-refractivity contribution >= 4 is 11.8 Å². The van der Waals surface area contributed by atoms with Gasteiger partial charge in [0.1, 0.15) is 0 Å². The lowest BCUT2D eigenvalue weighted by Crippen LogP contribution is -2.23. The lowest BCUT2D eigenvalue weighted by molar-refractivity contribution is 0.377. The maximum atomic E-state index is 2.44. The number of allylic oxidation sites excluding steroid dienone is 1. The van der Waals surface area contributed by atoms with E-state index in [9.17, 15) is 0 Å². The highest BCUT2D eigenvalue weighted by atomic mass is 32.2. The first-order chi connectivity index (χ1) is 5.15. The smallest absolute Gasteiger partial charge is 0.0255 e. The predicted molar refractivity (Wildman–Crippen MR) is 54.0 cm³/mol. The summed E-state index contributed by atoms with van der Waals surface area (Å²) in [4.78, 5) is 0. The van der Waals surface area contributed by atoms with Crippen LogP contribution in [0.1, 0.15) is 27.2 Å². The van der Waals surface area contributed by atoms with Gasteiger partial charge in [-0.15, -0.1) is 0 Å². The summed E-state index contributed by atoms with van der Waals surface area (Å²) < 4.78 is 0. The largest absolute Gasteiger partial charge is 0.158 e. The minimum Gasteiger partial charge on any atom is -0.158 e. The Labute approximate surface area is 74.5 Å². The molecule has 1 heteroatoms. The topological polar surface area (TPSA) is 0 Å². The number of hydrogen-bond donors (Lipinski definition) is 0. The van der Waals surface area contributed by atoms with E-state index >= 15 is 0 Å². The third-order valence-corrected chi connectivity index (χ3v) is 3.89. The molecule has 0 fully saturated rings. The van der Waals surface area contributed by atoms with Gasteiger partial charge >= 0.3 is 0 Å². The number of thioether (sulfide) groups is 1. The van der Waals surface area contributed by atoms with E-state index in [-0.39, 0.29) is 0 Å². The van der Waals surface area contributed by atoms with Gasteiger partial charge in [0.15, 0.2) is 0 Å². The Morgan fingerprint density at radius 1 is 1.45 bits per heavy atom. The van der Waals surface area contributed by atoms with Gasteiger partial charge in [-0.3, -0.25) is 0 Å². The molecule has 0 aromatic carbocycles. The highest BCUT2D eigenvalue weighted by Gasteiger charge is 2.24. The van der Waals surface area contributed by atoms with Crippen LogP contribution in [-0.4, -0.2) is 11.5 Å². The normalized spacial score (nSPS) is 38.5. The van der Waals surface area contributed by atoms with E-state index in [1.54, 1.807) is 5.57 Å². The summed E-state index contributed by atoms with van der Waals surface area (Å²) in [5.74, 6) is 1.73. The summed E-state index contributed by atoms with van der Waals surface area (Å²) in [6.07, 6.45) is 5.95. The van der Waals surface area contributed by atoms with Gasteiger partial charge in [0, 0.05) is 5.25 Å². The first-order valence-corrected chi connectivity index (χ1v) is 5.64. The Kier molecular flexibility index (Phi) is 3.06. The monoisotopic (exact) mass is 170 g/mol. The molecule has 0 radical (unpaired) electrons. The molecule has 0 aliphatic heterocycles. The molecule has 0 aromatic heterocycles. The Morgan fingerprint density at radius 2 is 2.09 bits per heavy atom. The van der Waals surface area contributed by atoms with Crippen LogP contribution < -0.4 is 0 Å². The zero-order chi connectivity index (χ0) is 8.43. The summed E-state index contributed by atoms with van der Waals surface area (Å²) in [5, 5.41) is 0.763. The third kappa shape index (κ3) is 2.02. The Morgan fingerprint density at radius 3 is 2.64 bits per heavy atom. The lowest BCUT2D eigenvalue weighted by atomic mass is 9.82. The van der Waals surface area contributed by atoms with Crippen LogP contribution in [-0.2, 0) is 0 Å². The second kappa shape index (κ2) is 3.66. The van der Waals surface area contributed by atoms with E-state index in [2.05, 4.69) is 33.1 Å². The quantitative estimate of drug-likeness (QED) is 0.544. The molecule has 0 aromatic rings. The van der Waals surface area contributed by atoms with Gasteiger partial charge < -0.3 is 0 Å². The van der Waals surface area contributed by atoms with Crippen LogP contribution in [0.4, 0.5) is 0 Å². The number of rotatable bonds is 1. The maximum absolute atomic E-state index is 2.44. The minimum absolute atomic E-state index is 0.763. The van der Waals surface area contributed by atoms with Crippen LogP contribution in [0.25, 0.3) is 0 Å². The maximum Gasteiger partial charge on any atom is 0.0255 e. The first kappa shape index (κ1) is 9.18. The molecule has 0 bridgehead atoms. The molecule has 0 unspecified atom stereocenters. The van der Waals surface area contributed by atoms with E-state index in [0.717, 1.165) is 17.1 Å². The zero-order valence-electron chi connectivity index (χ0n) is 7.92. The molecule has 0 amide bonds. The van der Waals surface area contributed by atoms with E-state index < -0.39 is 0 Å². The van der Waals surface area contributed by atoms with Crippen molar-refractivity contribution in [3.8, 4) is 0 Å². The average Bonchev–Trinajstić information content (AvgIpc) is 1.96. The van der Waals surface area contributed by atoms with Crippen LogP contribution in [0.2, 0.25) is 0 Å². The van der Waals surface area contributed by atoms with Crippen LogP contribution in [0.15, 0.2) is 11.6 Å². The molecule has 1 aliphatic carbocycles. The second-order valence-electron chi connectivity index (χ2n) is 3.75. The van der Waals surface area contributed by atoms with Crippen molar-refractivity contribution in [1.29, 1.82) is 0 Å². The predicted octanol–water partition coefficient (Wildman–Crippen LogP) is 3.34. The first-order valence-electron chi connectivity index (χ1n) is 4.35. The van der Waals surface area contributed by atoms with Crippen molar-refractivity contribution in [2.24, 2.45) is 11.8 Å². The second-order valence-corrected chi connectivity index (χ2v) is 4.77. The van der Waals surface area contributed by atoms with E-state index in [1.807, 2.05) is 11.8 Å². The van der Waals surface area contributed by atoms with Crippen molar-refractivity contribution in [3.05, 3.63) is 11.6 Å².